The molecule has 1 N–H and O–H groups in total. The van der Waals surface area contributed by atoms with Gasteiger partial charge < -0.3 is 5.32 Å². The topological polar surface area (TPSA) is 62.3 Å². The number of benzene rings is 1. The van der Waals surface area contributed by atoms with E-state index >= 15 is 0 Å². The van der Waals surface area contributed by atoms with E-state index in [2.05, 4.69) is 10.3 Å². The lowest BCUT2D eigenvalue weighted by molar-refractivity contribution is 0.0642. The van der Waals surface area contributed by atoms with E-state index in [1.165, 1.54) is 4.90 Å². The van der Waals surface area contributed by atoms with Crippen molar-refractivity contribution in [3.8, 4) is 0 Å². The van der Waals surface area contributed by atoms with Crippen LogP contribution in [-0.4, -0.2) is 28.7 Å². The molecule has 0 saturated heterocycles. The van der Waals surface area contributed by atoms with Gasteiger partial charge in [-0.2, -0.15) is 0 Å². The number of pyridine rings is 1. The van der Waals surface area contributed by atoms with Gasteiger partial charge in [0.05, 0.1) is 17.7 Å². The van der Waals surface area contributed by atoms with Crippen LogP contribution in [0.3, 0.4) is 0 Å². The second kappa shape index (κ2) is 4.77. The van der Waals surface area contributed by atoms with Gasteiger partial charge in [-0.05, 0) is 35.9 Å². The van der Waals surface area contributed by atoms with Gasteiger partial charge in [-0.15, -0.1) is 0 Å². The number of aromatic nitrogens is 1. The summed E-state index contributed by atoms with van der Waals surface area (Å²) >= 11 is 0. The quantitative estimate of drug-likeness (QED) is 0.863. The van der Waals surface area contributed by atoms with Crippen molar-refractivity contribution < 1.29 is 9.59 Å². The Kier molecular flexibility index (Phi) is 2.95. The van der Waals surface area contributed by atoms with Crippen LogP contribution >= 0.6 is 0 Å². The van der Waals surface area contributed by atoms with Crippen LogP contribution in [0.15, 0.2) is 42.7 Å². The molecule has 5 heteroatoms. The average Bonchev–Trinajstić information content (AvgIpc) is 2.73. The van der Waals surface area contributed by atoms with Gasteiger partial charge in [-0.1, -0.05) is 0 Å². The standard InChI is InChI=1S/C15H13N3O2/c1-16-11-2-3-12-13(8-11)15(20)18(14(12)19)9-10-4-6-17-7-5-10/h2-8,16H,9H2,1H3. The fourth-order valence-electron chi connectivity index (χ4n) is 2.26. The zero-order chi connectivity index (χ0) is 14.1. The van der Waals surface area contributed by atoms with Crippen LogP contribution in [0, 0.1) is 0 Å². The third kappa shape index (κ3) is 1.93. The Hall–Kier alpha value is -2.69. The van der Waals surface area contributed by atoms with Crippen LogP contribution in [0.2, 0.25) is 0 Å². The number of anilines is 1. The predicted molar refractivity (Wildman–Crippen MR) is 74.4 cm³/mol. The molecule has 2 heterocycles. The molecule has 1 aromatic carbocycles. The summed E-state index contributed by atoms with van der Waals surface area (Å²) < 4.78 is 0. The molecule has 0 fully saturated rings. The van der Waals surface area contributed by atoms with E-state index in [4.69, 9.17) is 0 Å². The van der Waals surface area contributed by atoms with Gasteiger partial charge in [0.15, 0.2) is 0 Å². The molecule has 3 rings (SSSR count). The average molecular weight is 267 g/mol. The molecule has 1 aliphatic rings. The molecule has 0 aliphatic carbocycles. The normalized spacial score (nSPS) is 13.6. The smallest absolute Gasteiger partial charge is 0.261 e. The molecule has 5 nitrogen and oxygen atoms in total. The van der Waals surface area contributed by atoms with Gasteiger partial charge in [0.1, 0.15) is 0 Å². The lowest BCUT2D eigenvalue weighted by atomic mass is 10.1. The monoisotopic (exact) mass is 267 g/mol. The fourth-order valence-corrected chi connectivity index (χ4v) is 2.26. The maximum atomic E-state index is 12.3. The lowest BCUT2D eigenvalue weighted by Crippen LogP contribution is -2.29. The van der Waals surface area contributed by atoms with Crippen molar-refractivity contribution in [2.75, 3.05) is 12.4 Å². The van der Waals surface area contributed by atoms with Crippen LogP contribution in [0.5, 0.6) is 0 Å². The van der Waals surface area contributed by atoms with Crippen molar-refractivity contribution in [3.05, 3.63) is 59.4 Å². The third-order valence-corrected chi connectivity index (χ3v) is 3.35. The van der Waals surface area contributed by atoms with Crippen molar-refractivity contribution in [3.63, 3.8) is 0 Å². The van der Waals surface area contributed by atoms with E-state index in [9.17, 15) is 9.59 Å². The second-order valence-corrected chi connectivity index (χ2v) is 4.56. The lowest BCUT2D eigenvalue weighted by Gasteiger charge is -2.13. The minimum absolute atomic E-state index is 0.246. The van der Waals surface area contributed by atoms with Gasteiger partial charge in [-0.3, -0.25) is 19.5 Å². The summed E-state index contributed by atoms with van der Waals surface area (Å²) in [7, 11) is 1.78. The van der Waals surface area contributed by atoms with Crippen LogP contribution in [0.4, 0.5) is 5.69 Å². The van der Waals surface area contributed by atoms with Gasteiger partial charge >= 0.3 is 0 Å². The minimum atomic E-state index is -0.251. The van der Waals surface area contributed by atoms with Crippen molar-refractivity contribution in [1.82, 2.24) is 9.88 Å². The van der Waals surface area contributed by atoms with Crippen molar-refractivity contribution in [1.29, 1.82) is 0 Å². The Labute approximate surface area is 116 Å². The zero-order valence-corrected chi connectivity index (χ0v) is 11.0. The van der Waals surface area contributed by atoms with E-state index in [0.717, 1.165) is 11.3 Å². The van der Waals surface area contributed by atoms with E-state index in [1.54, 1.807) is 49.8 Å². The number of nitrogens with zero attached hydrogens (tertiary/aromatic N) is 2. The summed E-state index contributed by atoms with van der Waals surface area (Å²) in [5.74, 6) is -0.497. The predicted octanol–water partition coefficient (Wildman–Crippen LogP) is 1.92. The molecule has 1 aromatic heterocycles. The first-order chi connectivity index (χ1) is 9.70. The first kappa shape index (κ1) is 12.3. The maximum absolute atomic E-state index is 12.3. The number of carbonyl (C=O) groups excluding carboxylic acids is 2. The number of carbonyl (C=O) groups is 2. The molecule has 2 aromatic rings. The van der Waals surface area contributed by atoms with E-state index in [-0.39, 0.29) is 18.4 Å². The number of nitrogens with one attached hydrogen (secondary N) is 1. The summed E-state index contributed by atoms with van der Waals surface area (Å²) in [6.07, 6.45) is 3.29. The second-order valence-electron chi connectivity index (χ2n) is 4.56. The highest BCUT2D eigenvalue weighted by Gasteiger charge is 2.35. The number of imide groups is 1. The number of hydrogen-bond donors (Lipinski definition) is 1. The molecular weight excluding hydrogens is 254 g/mol. The SMILES string of the molecule is CNc1ccc2c(c1)C(=O)N(Cc1ccncc1)C2=O. The molecule has 0 atom stereocenters. The van der Waals surface area contributed by atoms with Gasteiger partial charge in [0.25, 0.3) is 11.8 Å². The molecule has 20 heavy (non-hydrogen) atoms. The summed E-state index contributed by atoms with van der Waals surface area (Å²) in [5.41, 5.74) is 2.61. The molecule has 0 saturated carbocycles. The number of hydrogen-bond acceptors (Lipinski definition) is 4. The molecule has 0 spiro atoms. The number of fused-ring (bicyclic) bond motifs is 1. The number of amides is 2. The third-order valence-electron chi connectivity index (χ3n) is 3.35. The molecule has 0 radical (unpaired) electrons. The van der Waals surface area contributed by atoms with E-state index < -0.39 is 0 Å². The highest BCUT2D eigenvalue weighted by atomic mass is 16.2. The molecule has 100 valence electrons. The van der Waals surface area contributed by atoms with Crippen molar-refractivity contribution in [2.45, 2.75) is 6.54 Å². The van der Waals surface area contributed by atoms with Crippen molar-refractivity contribution >= 4 is 17.5 Å². The fraction of sp³-hybridized carbons (Fsp3) is 0.133. The Morgan fingerprint density at radius 2 is 1.75 bits per heavy atom. The Bertz CT molecular complexity index is 683. The van der Waals surface area contributed by atoms with E-state index in [0.29, 0.717) is 11.1 Å². The Morgan fingerprint density at radius 3 is 2.45 bits per heavy atom. The van der Waals surface area contributed by atoms with Crippen LogP contribution in [0.1, 0.15) is 26.3 Å². The molecule has 0 bridgehead atoms. The zero-order valence-electron chi connectivity index (χ0n) is 11.0. The highest BCUT2D eigenvalue weighted by molar-refractivity contribution is 6.21. The largest absolute Gasteiger partial charge is 0.388 e. The molecule has 2 amide bonds. The summed E-state index contributed by atoms with van der Waals surface area (Å²) in [6, 6.07) is 8.78. The number of rotatable bonds is 3. The Morgan fingerprint density at radius 1 is 1.05 bits per heavy atom. The highest BCUT2D eigenvalue weighted by Crippen LogP contribution is 2.26. The first-order valence-corrected chi connectivity index (χ1v) is 6.27. The van der Waals surface area contributed by atoms with Crippen LogP contribution < -0.4 is 5.32 Å². The molecular formula is C15H13N3O2. The summed E-state index contributed by atoms with van der Waals surface area (Å²) in [4.78, 5) is 29.8. The van der Waals surface area contributed by atoms with Crippen LogP contribution in [0.25, 0.3) is 0 Å². The van der Waals surface area contributed by atoms with Gasteiger partial charge in [0, 0.05) is 25.1 Å². The summed E-state index contributed by atoms with van der Waals surface area (Å²) in [5, 5.41) is 2.97. The van der Waals surface area contributed by atoms with Crippen LogP contribution in [-0.2, 0) is 6.54 Å². The van der Waals surface area contributed by atoms with E-state index in [1.807, 2.05) is 0 Å². The molecule has 1 aliphatic heterocycles. The molecule has 0 unspecified atom stereocenters. The van der Waals surface area contributed by atoms with Crippen molar-refractivity contribution in [2.24, 2.45) is 0 Å². The summed E-state index contributed by atoms with van der Waals surface area (Å²) in [6.45, 7) is 0.268. The minimum Gasteiger partial charge on any atom is -0.388 e. The van der Waals surface area contributed by atoms with Gasteiger partial charge in [0.2, 0.25) is 0 Å². The van der Waals surface area contributed by atoms with Gasteiger partial charge in [-0.25, -0.2) is 0 Å². The Balaban J connectivity index is 1.93. The maximum Gasteiger partial charge on any atom is 0.261 e. The first-order valence-electron chi connectivity index (χ1n) is 6.27.